The molecule has 18 heavy (non-hydrogen) atoms. The predicted octanol–water partition coefficient (Wildman–Crippen LogP) is 3.65. The number of ketones is 1. The highest BCUT2D eigenvalue weighted by molar-refractivity contribution is 6.06. The lowest BCUT2D eigenvalue weighted by Gasteiger charge is -1.96. The van der Waals surface area contributed by atoms with Crippen LogP contribution in [0, 0.1) is 5.82 Å². The molecular weight excluding hydrogens is 231 g/mol. The number of halogens is 1. The average molecular weight is 246 g/mol. The van der Waals surface area contributed by atoms with Crippen molar-refractivity contribution in [2.24, 2.45) is 0 Å². The Morgan fingerprint density at radius 1 is 1.44 bits per heavy atom. The Balaban J connectivity index is 2.75. The fraction of sp³-hybridized carbons (Fsp3) is 0.286. The van der Waals surface area contributed by atoms with Gasteiger partial charge in [-0.25, -0.2) is 9.07 Å². The van der Waals surface area contributed by atoms with Crippen molar-refractivity contribution in [1.29, 1.82) is 0 Å². The topological polar surface area (TPSA) is 34.9 Å². The third kappa shape index (κ3) is 2.18. The minimum Gasteiger partial charge on any atom is -0.292 e. The van der Waals surface area contributed by atoms with E-state index in [4.69, 9.17) is 0 Å². The van der Waals surface area contributed by atoms with Crippen LogP contribution in [0.25, 0.3) is 17.1 Å². The van der Waals surface area contributed by atoms with Crippen molar-refractivity contribution >= 4 is 22.9 Å². The highest BCUT2D eigenvalue weighted by Crippen LogP contribution is 2.21. The molecule has 2 rings (SSSR count). The Kier molecular flexibility index (Phi) is 3.28. The molecule has 0 unspecified atom stereocenters. The number of hydrogen-bond acceptors (Lipinski definition) is 2. The highest BCUT2D eigenvalue weighted by atomic mass is 19.1. The number of Topliss-reactive ketones (excluding diaryl/α,β-unsaturated/α-hetero) is 1. The number of aromatic nitrogens is 2. The molecule has 0 aliphatic rings. The van der Waals surface area contributed by atoms with E-state index in [-0.39, 0.29) is 11.6 Å². The number of allylic oxidation sites excluding steroid dienone is 1. The van der Waals surface area contributed by atoms with E-state index in [2.05, 4.69) is 5.10 Å². The summed E-state index contributed by atoms with van der Waals surface area (Å²) >= 11 is 0. The van der Waals surface area contributed by atoms with Crippen LogP contribution in [0.2, 0.25) is 0 Å². The summed E-state index contributed by atoms with van der Waals surface area (Å²) in [5, 5.41) is 4.96. The smallest absolute Gasteiger partial charge is 0.183 e. The summed E-state index contributed by atoms with van der Waals surface area (Å²) in [6.07, 6.45) is 2.17. The second-order valence-electron chi connectivity index (χ2n) is 4.44. The highest BCUT2D eigenvalue weighted by Gasteiger charge is 2.15. The first-order chi connectivity index (χ1) is 8.52. The van der Waals surface area contributed by atoms with Crippen LogP contribution in [0.1, 0.15) is 37.7 Å². The molecular formula is C14H15FN2O. The predicted molar refractivity (Wildman–Crippen MR) is 69.9 cm³/mol. The van der Waals surface area contributed by atoms with Gasteiger partial charge in [0.1, 0.15) is 11.5 Å². The molecule has 0 fully saturated rings. The van der Waals surface area contributed by atoms with Gasteiger partial charge in [0.05, 0.1) is 5.52 Å². The zero-order valence-electron chi connectivity index (χ0n) is 10.7. The van der Waals surface area contributed by atoms with Gasteiger partial charge in [0.15, 0.2) is 5.78 Å². The molecule has 0 saturated carbocycles. The molecule has 4 heteroatoms. The van der Waals surface area contributed by atoms with Crippen molar-refractivity contribution in [3.05, 3.63) is 35.3 Å². The summed E-state index contributed by atoms with van der Waals surface area (Å²) in [6, 6.07) is 4.35. The lowest BCUT2D eigenvalue weighted by atomic mass is 10.1. The van der Waals surface area contributed by atoms with E-state index in [1.165, 1.54) is 12.1 Å². The maximum Gasteiger partial charge on any atom is 0.183 e. The molecule has 0 saturated heterocycles. The van der Waals surface area contributed by atoms with E-state index in [0.29, 0.717) is 23.0 Å². The number of carbonyl (C=O) groups excluding carboxylic acids is 1. The zero-order valence-corrected chi connectivity index (χ0v) is 10.7. The Bertz CT molecular complexity index is 637. The molecule has 0 spiro atoms. The van der Waals surface area contributed by atoms with Gasteiger partial charge in [-0.15, -0.1) is 0 Å². The molecule has 0 aliphatic carbocycles. The maximum atomic E-state index is 13.3. The van der Waals surface area contributed by atoms with Crippen LogP contribution in [-0.4, -0.2) is 15.6 Å². The third-order valence-corrected chi connectivity index (χ3v) is 2.64. The first-order valence-corrected chi connectivity index (χ1v) is 5.89. The number of hydrogen-bond donors (Lipinski definition) is 0. The minimum atomic E-state index is -0.332. The number of carbonyl (C=O) groups is 1. The maximum absolute atomic E-state index is 13.3. The van der Waals surface area contributed by atoms with E-state index >= 15 is 0 Å². The molecule has 0 atom stereocenters. The molecule has 0 bridgehead atoms. The Hall–Kier alpha value is -1.97. The summed E-state index contributed by atoms with van der Waals surface area (Å²) in [5.74, 6) is -0.367. The van der Waals surface area contributed by atoms with Gasteiger partial charge in [-0.05, 0) is 26.0 Å². The van der Waals surface area contributed by atoms with Gasteiger partial charge >= 0.3 is 0 Å². The van der Waals surface area contributed by atoms with Crippen molar-refractivity contribution in [3.63, 3.8) is 0 Å². The van der Waals surface area contributed by atoms with Crippen LogP contribution in [-0.2, 0) is 0 Å². The summed E-state index contributed by atoms with van der Waals surface area (Å²) in [4.78, 5) is 11.8. The van der Waals surface area contributed by atoms with Crippen LogP contribution < -0.4 is 0 Å². The Morgan fingerprint density at radius 3 is 2.78 bits per heavy atom. The SMILES string of the molecule is CCC(=O)c1nn(C=C(C)C)c2cc(F)ccc12. The summed E-state index contributed by atoms with van der Waals surface area (Å²) in [5.41, 5.74) is 2.05. The molecule has 94 valence electrons. The second kappa shape index (κ2) is 4.72. The Morgan fingerprint density at radius 2 is 2.17 bits per heavy atom. The number of benzene rings is 1. The fourth-order valence-electron chi connectivity index (χ4n) is 1.83. The minimum absolute atomic E-state index is 0.0347. The molecule has 1 heterocycles. The largest absolute Gasteiger partial charge is 0.292 e. The molecule has 0 radical (unpaired) electrons. The molecule has 0 aliphatic heterocycles. The van der Waals surface area contributed by atoms with Gasteiger partial charge in [0.25, 0.3) is 0 Å². The van der Waals surface area contributed by atoms with Gasteiger partial charge in [0.2, 0.25) is 0 Å². The monoisotopic (exact) mass is 246 g/mol. The van der Waals surface area contributed by atoms with E-state index < -0.39 is 0 Å². The van der Waals surface area contributed by atoms with Gasteiger partial charge in [-0.1, -0.05) is 12.5 Å². The van der Waals surface area contributed by atoms with Crippen LogP contribution in [0.3, 0.4) is 0 Å². The summed E-state index contributed by atoms with van der Waals surface area (Å²) in [6.45, 7) is 5.64. The van der Waals surface area contributed by atoms with E-state index in [1.807, 2.05) is 13.8 Å². The molecule has 2 aromatic rings. The molecule has 0 N–H and O–H groups in total. The second-order valence-corrected chi connectivity index (χ2v) is 4.44. The first kappa shape index (κ1) is 12.5. The van der Waals surface area contributed by atoms with Gasteiger partial charge in [-0.3, -0.25) is 4.79 Å². The molecule has 1 aromatic carbocycles. The third-order valence-electron chi connectivity index (χ3n) is 2.64. The normalized spacial score (nSPS) is 10.7. The van der Waals surface area contributed by atoms with Crippen molar-refractivity contribution in [3.8, 4) is 0 Å². The molecule has 3 nitrogen and oxygen atoms in total. The number of rotatable bonds is 3. The van der Waals surface area contributed by atoms with E-state index in [0.717, 1.165) is 5.57 Å². The standard InChI is InChI=1S/C14H15FN2O/c1-4-13(18)14-11-6-5-10(15)7-12(11)17(16-14)8-9(2)3/h5-8H,4H2,1-3H3. The fourth-order valence-corrected chi connectivity index (χ4v) is 1.83. The lowest BCUT2D eigenvalue weighted by Crippen LogP contribution is -1.99. The van der Waals surface area contributed by atoms with Crippen LogP contribution in [0.5, 0.6) is 0 Å². The van der Waals surface area contributed by atoms with Crippen LogP contribution in [0.4, 0.5) is 4.39 Å². The van der Waals surface area contributed by atoms with Crippen molar-refractivity contribution in [2.45, 2.75) is 27.2 Å². The summed E-state index contributed by atoms with van der Waals surface area (Å²) in [7, 11) is 0. The van der Waals surface area contributed by atoms with E-state index in [1.54, 1.807) is 23.9 Å². The van der Waals surface area contributed by atoms with Crippen molar-refractivity contribution in [1.82, 2.24) is 9.78 Å². The zero-order chi connectivity index (χ0) is 13.3. The quantitative estimate of drug-likeness (QED) is 0.775. The first-order valence-electron chi connectivity index (χ1n) is 5.89. The van der Waals surface area contributed by atoms with Crippen molar-refractivity contribution < 1.29 is 9.18 Å². The van der Waals surface area contributed by atoms with Gasteiger partial charge in [-0.2, -0.15) is 5.10 Å². The number of nitrogens with zero attached hydrogens (tertiary/aromatic N) is 2. The van der Waals surface area contributed by atoms with Gasteiger partial charge in [0, 0.05) is 24.1 Å². The van der Waals surface area contributed by atoms with Gasteiger partial charge < -0.3 is 0 Å². The van der Waals surface area contributed by atoms with Crippen LogP contribution >= 0.6 is 0 Å². The van der Waals surface area contributed by atoms with E-state index in [9.17, 15) is 9.18 Å². The molecule has 0 amide bonds. The molecule has 1 aromatic heterocycles. The van der Waals surface area contributed by atoms with Crippen molar-refractivity contribution in [2.75, 3.05) is 0 Å². The summed E-state index contributed by atoms with van der Waals surface area (Å²) < 4.78 is 14.9. The Labute approximate surface area is 105 Å². The number of fused-ring (bicyclic) bond motifs is 1. The lowest BCUT2D eigenvalue weighted by molar-refractivity contribution is 0.0984. The van der Waals surface area contributed by atoms with Crippen LogP contribution in [0.15, 0.2) is 23.8 Å². The average Bonchev–Trinajstić information content (AvgIpc) is 2.66.